The number of cyclic esters (lactones) is 1. The van der Waals surface area contributed by atoms with Crippen molar-refractivity contribution in [1.82, 2.24) is 0 Å². The average Bonchev–Trinajstić information content (AvgIpc) is 2.95. The van der Waals surface area contributed by atoms with Crippen molar-refractivity contribution in [2.45, 2.75) is 13.8 Å². The van der Waals surface area contributed by atoms with Gasteiger partial charge in [-0.1, -0.05) is 41.9 Å². The Balaban J connectivity index is 1.82. The van der Waals surface area contributed by atoms with E-state index in [-0.39, 0.29) is 5.70 Å². The number of carbonyl (C=O) groups excluding carboxylic acids is 1. The Hall–Kier alpha value is -2.40. The molecule has 2 aromatic carbocycles. The van der Waals surface area contributed by atoms with Crippen LogP contribution in [0.25, 0.3) is 6.08 Å². The van der Waals surface area contributed by atoms with Crippen molar-refractivity contribution in [1.29, 1.82) is 0 Å². The van der Waals surface area contributed by atoms with Gasteiger partial charge >= 0.3 is 5.97 Å². The minimum Gasteiger partial charge on any atom is -0.493 e. The molecule has 0 radical (unpaired) electrons. The third-order valence-electron chi connectivity index (χ3n) is 3.46. The van der Waals surface area contributed by atoms with Crippen LogP contribution in [0.1, 0.15) is 25.0 Å². The van der Waals surface area contributed by atoms with Crippen LogP contribution in [0.4, 0.5) is 0 Å². The molecule has 0 fully saturated rings. The number of rotatable bonds is 5. The lowest BCUT2D eigenvalue weighted by Crippen LogP contribution is -2.05. The molecule has 128 valence electrons. The molecule has 0 bridgehead atoms. The number of carbonyl (C=O) groups is 1. The molecule has 0 amide bonds. The molecule has 4 nitrogen and oxygen atoms in total. The Bertz CT molecular complexity index is 838. The molecule has 0 atom stereocenters. The van der Waals surface area contributed by atoms with E-state index in [0.717, 1.165) is 21.3 Å². The zero-order valence-corrected chi connectivity index (χ0v) is 15.6. The molecule has 1 aliphatic heterocycles. The lowest BCUT2D eigenvalue weighted by atomic mass is 10.2. The van der Waals surface area contributed by atoms with E-state index in [2.05, 4.69) is 34.8 Å². The van der Waals surface area contributed by atoms with Gasteiger partial charge in [0.15, 0.2) is 5.70 Å². The van der Waals surface area contributed by atoms with E-state index >= 15 is 0 Å². The fourth-order valence-corrected chi connectivity index (χ4v) is 2.50. The summed E-state index contributed by atoms with van der Waals surface area (Å²) in [6, 6.07) is 15.0. The Morgan fingerprint density at radius 3 is 2.68 bits per heavy atom. The molecule has 0 aromatic heterocycles. The third-order valence-corrected chi connectivity index (χ3v) is 3.99. The van der Waals surface area contributed by atoms with Gasteiger partial charge < -0.3 is 9.47 Å². The average molecular weight is 400 g/mol. The maximum absolute atomic E-state index is 12.1. The Labute approximate surface area is 155 Å². The molecular formula is C20H18BrNO3. The van der Waals surface area contributed by atoms with E-state index in [1.165, 1.54) is 0 Å². The summed E-state index contributed by atoms with van der Waals surface area (Å²) in [4.78, 5) is 16.4. The van der Waals surface area contributed by atoms with E-state index in [4.69, 9.17) is 9.47 Å². The minimum atomic E-state index is -0.452. The maximum atomic E-state index is 12.1. The molecular weight excluding hydrogens is 382 g/mol. The van der Waals surface area contributed by atoms with Crippen LogP contribution < -0.4 is 4.74 Å². The summed E-state index contributed by atoms with van der Waals surface area (Å²) < 4.78 is 11.9. The van der Waals surface area contributed by atoms with Gasteiger partial charge in [0, 0.05) is 10.0 Å². The number of hydrogen-bond acceptors (Lipinski definition) is 4. The first kappa shape index (κ1) is 17.4. The van der Waals surface area contributed by atoms with Gasteiger partial charge in [0.05, 0.1) is 6.61 Å². The molecule has 3 rings (SSSR count). The van der Waals surface area contributed by atoms with Gasteiger partial charge in [-0.25, -0.2) is 9.79 Å². The van der Waals surface area contributed by atoms with Crippen molar-refractivity contribution in [3.63, 3.8) is 0 Å². The lowest BCUT2D eigenvalue weighted by molar-refractivity contribution is -0.129. The van der Waals surface area contributed by atoms with Gasteiger partial charge in [-0.05, 0) is 54.0 Å². The SMILES string of the molecule is CC(C)COc1cccc(/C=C2\N=C(c3ccc(Br)cc3)OC2=O)c1. The first-order chi connectivity index (χ1) is 12.0. The normalized spacial score (nSPS) is 15.4. The van der Waals surface area contributed by atoms with Crippen LogP contribution in [-0.2, 0) is 9.53 Å². The summed E-state index contributed by atoms with van der Waals surface area (Å²) in [6.07, 6.45) is 1.70. The van der Waals surface area contributed by atoms with Crippen LogP contribution in [0, 0.1) is 5.92 Å². The Morgan fingerprint density at radius 2 is 1.96 bits per heavy atom. The number of benzene rings is 2. The summed E-state index contributed by atoms with van der Waals surface area (Å²) in [5.74, 6) is 1.08. The summed E-state index contributed by atoms with van der Waals surface area (Å²) >= 11 is 3.38. The molecule has 0 saturated carbocycles. The fourth-order valence-electron chi connectivity index (χ4n) is 2.24. The number of esters is 1. The molecule has 1 aliphatic rings. The largest absolute Gasteiger partial charge is 0.493 e. The van der Waals surface area contributed by atoms with Crippen LogP contribution in [0.15, 0.2) is 63.7 Å². The van der Waals surface area contributed by atoms with Crippen molar-refractivity contribution >= 4 is 33.9 Å². The van der Waals surface area contributed by atoms with Crippen molar-refractivity contribution in [2.24, 2.45) is 10.9 Å². The third kappa shape index (κ3) is 4.57. The zero-order chi connectivity index (χ0) is 17.8. The quantitative estimate of drug-likeness (QED) is 0.534. The van der Waals surface area contributed by atoms with Crippen LogP contribution in [0.3, 0.4) is 0 Å². The molecule has 0 aliphatic carbocycles. The maximum Gasteiger partial charge on any atom is 0.363 e. The monoisotopic (exact) mass is 399 g/mol. The Morgan fingerprint density at radius 1 is 1.20 bits per heavy atom. The lowest BCUT2D eigenvalue weighted by Gasteiger charge is -2.08. The molecule has 25 heavy (non-hydrogen) atoms. The molecule has 5 heteroatoms. The van der Waals surface area contributed by atoms with E-state index < -0.39 is 5.97 Å². The van der Waals surface area contributed by atoms with Crippen molar-refractivity contribution in [3.8, 4) is 5.75 Å². The number of halogens is 1. The van der Waals surface area contributed by atoms with E-state index in [0.29, 0.717) is 18.4 Å². The predicted octanol–water partition coefficient (Wildman–Crippen LogP) is 4.83. The second-order valence-corrected chi connectivity index (χ2v) is 7.04. The van der Waals surface area contributed by atoms with Gasteiger partial charge in [-0.15, -0.1) is 0 Å². The highest BCUT2D eigenvalue weighted by Crippen LogP contribution is 2.22. The highest BCUT2D eigenvalue weighted by Gasteiger charge is 2.24. The van der Waals surface area contributed by atoms with Gasteiger partial charge in [0.2, 0.25) is 5.90 Å². The van der Waals surface area contributed by atoms with Crippen LogP contribution >= 0.6 is 15.9 Å². The molecule has 2 aromatic rings. The van der Waals surface area contributed by atoms with E-state index in [1.807, 2.05) is 48.5 Å². The second kappa shape index (κ2) is 7.66. The number of hydrogen-bond donors (Lipinski definition) is 0. The molecule has 0 spiro atoms. The Kier molecular flexibility index (Phi) is 5.34. The standard InChI is InChI=1S/C20H18BrNO3/c1-13(2)12-24-17-5-3-4-14(10-17)11-18-20(23)25-19(22-18)15-6-8-16(21)9-7-15/h3-11,13H,12H2,1-2H3/b18-11-. The summed E-state index contributed by atoms with van der Waals surface area (Å²) in [6.45, 7) is 4.84. The van der Waals surface area contributed by atoms with Crippen molar-refractivity contribution < 1.29 is 14.3 Å². The smallest absolute Gasteiger partial charge is 0.363 e. The molecule has 0 unspecified atom stereocenters. The zero-order valence-electron chi connectivity index (χ0n) is 14.0. The minimum absolute atomic E-state index is 0.277. The summed E-state index contributed by atoms with van der Waals surface area (Å²) in [5, 5.41) is 0. The van der Waals surface area contributed by atoms with E-state index in [9.17, 15) is 4.79 Å². The highest BCUT2D eigenvalue weighted by atomic mass is 79.9. The fraction of sp³-hybridized carbons (Fsp3) is 0.200. The van der Waals surface area contributed by atoms with Crippen molar-refractivity contribution in [2.75, 3.05) is 6.61 Å². The van der Waals surface area contributed by atoms with Crippen LogP contribution in [0.5, 0.6) is 5.75 Å². The molecule has 0 saturated heterocycles. The van der Waals surface area contributed by atoms with Crippen LogP contribution in [-0.4, -0.2) is 18.5 Å². The molecule has 1 heterocycles. The van der Waals surface area contributed by atoms with E-state index in [1.54, 1.807) is 6.08 Å². The van der Waals surface area contributed by atoms with Gasteiger partial charge in [0.1, 0.15) is 5.75 Å². The topological polar surface area (TPSA) is 47.9 Å². The summed E-state index contributed by atoms with van der Waals surface area (Å²) in [7, 11) is 0. The highest BCUT2D eigenvalue weighted by molar-refractivity contribution is 9.10. The van der Waals surface area contributed by atoms with Gasteiger partial charge in [-0.2, -0.15) is 0 Å². The summed E-state index contributed by atoms with van der Waals surface area (Å²) in [5.41, 5.74) is 1.88. The van der Waals surface area contributed by atoms with Gasteiger partial charge in [0.25, 0.3) is 0 Å². The number of nitrogens with zero attached hydrogens (tertiary/aromatic N) is 1. The molecule has 0 N–H and O–H groups in total. The first-order valence-corrected chi connectivity index (χ1v) is 8.82. The van der Waals surface area contributed by atoms with Gasteiger partial charge in [-0.3, -0.25) is 0 Å². The number of ether oxygens (including phenoxy) is 2. The second-order valence-electron chi connectivity index (χ2n) is 6.12. The predicted molar refractivity (Wildman–Crippen MR) is 102 cm³/mol. The first-order valence-electron chi connectivity index (χ1n) is 8.02. The van der Waals surface area contributed by atoms with Crippen LogP contribution in [0.2, 0.25) is 0 Å². The number of aliphatic imine (C=N–C) groups is 1. The van der Waals surface area contributed by atoms with Crippen molar-refractivity contribution in [3.05, 3.63) is 69.8 Å².